The van der Waals surface area contributed by atoms with Crippen LogP contribution in [0.2, 0.25) is 0 Å². The van der Waals surface area contributed by atoms with Gasteiger partial charge in [0, 0.05) is 32.7 Å². The number of benzene rings is 1. The van der Waals surface area contributed by atoms with E-state index in [0.717, 1.165) is 19.5 Å². The Kier molecular flexibility index (Phi) is 5.12. The average molecular weight is 275 g/mol. The molecule has 0 unspecified atom stereocenters. The van der Waals surface area contributed by atoms with Gasteiger partial charge < -0.3 is 15.5 Å². The molecule has 0 saturated carbocycles. The number of amides is 2. The van der Waals surface area contributed by atoms with Crippen molar-refractivity contribution in [2.45, 2.75) is 13.3 Å². The summed E-state index contributed by atoms with van der Waals surface area (Å²) in [5.41, 5.74) is 2.37. The minimum Gasteiger partial charge on any atom is -0.347 e. The van der Waals surface area contributed by atoms with Crippen molar-refractivity contribution >= 4 is 11.8 Å². The van der Waals surface area contributed by atoms with Crippen molar-refractivity contribution in [2.24, 2.45) is 0 Å². The first-order chi connectivity index (χ1) is 9.66. The molecule has 0 bridgehead atoms. The standard InChI is InChI=1S/C15H21N3O2/c1-12-3-2-4-13(11-12)5-6-17-14(19)15(20)18-9-7-16-8-10-18/h2-4,11,16H,5-10H2,1H3,(H,17,19). The van der Waals surface area contributed by atoms with E-state index in [-0.39, 0.29) is 0 Å². The Morgan fingerprint density at radius 2 is 2.05 bits per heavy atom. The van der Waals surface area contributed by atoms with Gasteiger partial charge in [-0.2, -0.15) is 0 Å². The second-order valence-corrected chi connectivity index (χ2v) is 5.04. The Morgan fingerprint density at radius 3 is 2.75 bits per heavy atom. The number of piperazine rings is 1. The lowest BCUT2D eigenvalue weighted by atomic mass is 10.1. The zero-order valence-corrected chi connectivity index (χ0v) is 11.8. The second-order valence-electron chi connectivity index (χ2n) is 5.04. The first-order valence-corrected chi connectivity index (χ1v) is 7.00. The fourth-order valence-electron chi connectivity index (χ4n) is 2.28. The smallest absolute Gasteiger partial charge is 0.311 e. The van der Waals surface area contributed by atoms with Gasteiger partial charge in [0.05, 0.1) is 0 Å². The first-order valence-electron chi connectivity index (χ1n) is 7.00. The molecule has 108 valence electrons. The number of rotatable bonds is 3. The maximum atomic E-state index is 11.9. The Balaban J connectivity index is 1.75. The van der Waals surface area contributed by atoms with E-state index in [1.54, 1.807) is 4.90 Å². The largest absolute Gasteiger partial charge is 0.347 e. The summed E-state index contributed by atoms with van der Waals surface area (Å²) in [6, 6.07) is 8.15. The van der Waals surface area contributed by atoms with Crippen LogP contribution in [0, 0.1) is 6.92 Å². The molecule has 0 aliphatic carbocycles. The summed E-state index contributed by atoms with van der Waals surface area (Å²) >= 11 is 0. The van der Waals surface area contributed by atoms with Gasteiger partial charge in [0.15, 0.2) is 0 Å². The van der Waals surface area contributed by atoms with E-state index < -0.39 is 11.8 Å². The van der Waals surface area contributed by atoms with Gasteiger partial charge in [0.25, 0.3) is 0 Å². The van der Waals surface area contributed by atoms with Gasteiger partial charge in [-0.1, -0.05) is 29.8 Å². The van der Waals surface area contributed by atoms with E-state index >= 15 is 0 Å². The summed E-state index contributed by atoms with van der Waals surface area (Å²) in [5.74, 6) is -0.921. The molecular weight excluding hydrogens is 254 g/mol. The van der Waals surface area contributed by atoms with Gasteiger partial charge in [0.1, 0.15) is 0 Å². The number of aryl methyl sites for hydroxylation is 1. The highest BCUT2D eigenvalue weighted by Crippen LogP contribution is 2.04. The summed E-state index contributed by atoms with van der Waals surface area (Å²) in [6.07, 6.45) is 0.738. The topological polar surface area (TPSA) is 61.4 Å². The maximum Gasteiger partial charge on any atom is 0.311 e. The average Bonchev–Trinajstić information content (AvgIpc) is 2.47. The third kappa shape index (κ3) is 4.06. The summed E-state index contributed by atoms with van der Waals surface area (Å²) in [7, 11) is 0. The van der Waals surface area contributed by atoms with Crippen LogP contribution in [0.3, 0.4) is 0 Å². The molecule has 1 aromatic carbocycles. The number of carbonyl (C=O) groups is 2. The molecule has 2 N–H and O–H groups in total. The van der Waals surface area contributed by atoms with Crippen molar-refractivity contribution in [1.29, 1.82) is 0 Å². The van der Waals surface area contributed by atoms with Gasteiger partial charge in [-0.15, -0.1) is 0 Å². The molecule has 0 spiro atoms. The third-order valence-electron chi connectivity index (χ3n) is 3.38. The molecular formula is C15H21N3O2. The predicted molar refractivity (Wildman–Crippen MR) is 77.3 cm³/mol. The molecule has 0 aromatic heterocycles. The normalized spacial score (nSPS) is 14.9. The van der Waals surface area contributed by atoms with Crippen LogP contribution in [0.1, 0.15) is 11.1 Å². The molecule has 0 radical (unpaired) electrons. The van der Waals surface area contributed by atoms with Crippen LogP contribution in [0.5, 0.6) is 0 Å². The molecule has 5 heteroatoms. The van der Waals surface area contributed by atoms with Gasteiger partial charge in [-0.25, -0.2) is 0 Å². The number of carbonyl (C=O) groups excluding carboxylic acids is 2. The highest BCUT2D eigenvalue weighted by atomic mass is 16.2. The van der Waals surface area contributed by atoms with Crippen molar-refractivity contribution in [3.8, 4) is 0 Å². The second kappa shape index (κ2) is 7.05. The van der Waals surface area contributed by atoms with Crippen molar-refractivity contribution in [3.63, 3.8) is 0 Å². The van der Waals surface area contributed by atoms with Crippen LogP contribution in [0.25, 0.3) is 0 Å². The molecule has 1 aromatic rings. The van der Waals surface area contributed by atoms with Crippen molar-refractivity contribution < 1.29 is 9.59 Å². The number of nitrogens with zero attached hydrogens (tertiary/aromatic N) is 1. The number of nitrogens with one attached hydrogen (secondary N) is 2. The Hall–Kier alpha value is -1.88. The van der Waals surface area contributed by atoms with Crippen LogP contribution in [-0.4, -0.2) is 49.4 Å². The molecule has 20 heavy (non-hydrogen) atoms. The van der Waals surface area contributed by atoms with Gasteiger partial charge in [0.2, 0.25) is 0 Å². The maximum absolute atomic E-state index is 11.9. The molecule has 1 fully saturated rings. The summed E-state index contributed by atoms with van der Waals surface area (Å²) < 4.78 is 0. The monoisotopic (exact) mass is 275 g/mol. The van der Waals surface area contributed by atoms with Gasteiger partial charge in [-0.3, -0.25) is 9.59 Å². The molecule has 2 amide bonds. The molecule has 1 heterocycles. The fraction of sp³-hybridized carbons (Fsp3) is 0.467. The van der Waals surface area contributed by atoms with Crippen LogP contribution in [0.4, 0.5) is 0 Å². The highest BCUT2D eigenvalue weighted by molar-refractivity contribution is 6.35. The Morgan fingerprint density at radius 1 is 1.30 bits per heavy atom. The molecule has 2 rings (SSSR count). The fourth-order valence-corrected chi connectivity index (χ4v) is 2.28. The van der Waals surface area contributed by atoms with E-state index in [2.05, 4.69) is 16.7 Å². The predicted octanol–water partition coefficient (Wildman–Crippen LogP) is 0.0855. The van der Waals surface area contributed by atoms with Crippen LogP contribution in [0.15, 0.2) is 24.3 Å². The Bertz CT molecular complexity index is 482. The molecule has 1 saturated heterocycles. The molecule has 0 atom stereocenters. The molecule has 1 aliphatic rings. The van der Waals surface area contributed by atoms with E-state index in [1.165, 1.54) is 11.1 Å². The minimum absolute atomic E-state index is 0.421. The molecule has 5 nitrogen and oxygen atoms in total. The quantitative estimate of drug-likeness (QED) is 0.768. The third-order valence-corrected chi connectivity index (χ3v) is 3.38. The van der Waals surface area contributed by atoms with Crippen LogP contribution in [-0.2, 0) is 16.0 Å². The minimum atomic E-state index is -0.500. The Labute approximate surface area is 119 Å². The zero-order valence-electron chi connectivity index (χ0n) is 11.8. The van der Waals surface area contributed by atoms with Crippen molar-refractivity contribution in [2.75, 3.05) is 32.7 Å². The SMILES string of the molecule is Cc1cccc(CCNC(=O)C(=O)N2CCNCC2)c1. The lowest BCUT2D eigenvalue weighted by Gasteiger charge is -2.26. The van der Waals surface area contributed by atoms with E-state index in [0.29, 0.717) is 19.6 Å². The van der Waals surface area contributed by atoms with E-state index in [4.69, 9.17) is 0 Å². The summed E-state index contributed by atoms with van der Waals surface area (Å²) in [6.45, 7) is 5.23. The van der Waals surface area contributed by atoms with Crippen molar-refractivity contribution in [3.05, 3.63) is 35.4 Å². The van der Waals surface area contributed by atoms with Crippen LogP contribution >= 0.6 is 0 Å². The van der Waals surface area contributed by atoms with Crippen molar-refractivity contribution in [1.82, 2.24) is 15.5 Å². The van der Waals surface area contributed by atoms with Gasteiger partial charge in [-0.05, 0) is 18.9 Å². The van der Waals surface area contributed by atoms with Gasteiger partial charge >= 0.3 is 11.8 Å². The van der Waals surface area contributed by atoms with Crippen LogP contribution < -0.4 is 10.6 Å². The number of hydrogen-bond donors (Lipinski definition) is 2. The molecule has 1 aliphatic heterocycles. The number of hydrogen-bond acceptors (Lipinski definition) is 3. The highest BCUT2D eigenvalue weighted by Gasteiger charge is 2.22. The summed E-state index contributed by atoms with van der Waals surface area (Å²) in [5, 5.41) is 5.85. The van der Waals surface area contributed by atoms with E-state index in [9.17, 15) is 9.59 Å². The first kappa shape index (κ1) is 14.5. The lowest BCUT2D eigenvalue weighted by molar-refractivity contribution is -0.146. The summed E-state index contributed by atoms with van der Waals surface area (Å²) in [4.78, 5) is 25.3. The lowest BCUT2D eigenvalue weighted by Crippen LogP contribution is -2.51. The zero-order chi connectivity index (χ0) is 14.4. The van der Waals surface area contributed by atoms with E-state index in [1.807, 2.05) is 25.1 Å².